The standard InChI is InChI=1S/C8H5F4NO/c9-5-1-2-6(13-4-5)7(14)3-8(10,11)12/h1-2,4H,3H2. The molecule has 1 aromatic heterocycles. The number of nitrogens with zero attached hydrogens (tertiary/aromatic N) is 1. The van der Waals surface area contributed by atoms with E-state index < -0.39 is 24.2 Å². The number of pyridine rings is 1. The van der Waals surface area contributed by atoms with Crippen molar-refractivity contribution in [3.05, 3.63) is 29.8 Å². The normalized spacial score (nSPS) is 11.4. The summed E-state index contributed by atoms with van der Waals surface area (Å²) < 4.78 is 47.5. The van der Waals surface area contributed by atoms with Crippen molar-refractivity contribution in [2.45, 2.75) is 12.6 Å². The molecule has 0 aliphatic carbocycles. The van der Waals surface area contributed by atoms with Gasteiger partial charge in [0.15, 0.2) is 5.78 Å². The fourth-order valence-corrected chi connectivity index (χ4v) is 0.813. The Balaban J connectivity index is 2.76. The van der Waals surface area contributed by atoms with Crippen LogP contribution in [0.25, 0.3) is 0 Å². The van der Waals surface area contributed by atoms with Gasteiger partial charge in [-0.25, -0.2) is 4.39 Å². The maximum absolute atomic E-state index is 12.3. The van der Waals surface area contributed by atoms with Gasteiger partial charge in [0.05, 0.1) is 6.20 Å². The number of rotatable bonds is 2. The highest BCUT2D eigenvalue weighted by Gasteiger charge is 2.31. The molecule has 0 aliphatic rings. The van der Waals surface area contributed by atoms with Crippen LogP contribution in [0, 0.1) is 5.82 Å². The van der Waals surface area contributed by atoms with Crippen LogP contribution >= 0.6 is 0 Å². The van der Waals surface area contributed by atoms with Crippen LogP contribution in [0.15, 0.2) is 18.3 Å². The van der Waals surface area contributed by atoms with E-state index in [0.29, 0.717) is 6.20 Å². The Morgan fingerprint density at radius 2 is 2.00 bits per heavy atom. The molecule has 0 spiro atoms. The molecule has 0 aromatic carbocycles. The molecule has 0 atom stereocenters. The molecule has 0 amide bonds. The Hall–Kier alpha value is -1.46. The van der Waals surface area contributed by atoms with Crippen molar-refractivity contribution >= 4 is 5.78 Å². The molecule has 0 saturated heterocycles. The molecule has 0 fully saturated rings. The van der Waals surface area contributed by atoms with Crippen LogP contribution in [0.5, 0.6) is 0 Å². The molecule has 1 aromatic rings. The zero-order valence-electron chi connectivity index (χ0n) is 6.81. The number of Topliss-reactive ketones (excluding diaryl/α,β-unsaturated/α-hetero) is 1. The number of hydrogen-bond donors (Lipinski definition) is 0. The smallest absolute Gasteiger partial charge is 0.292 e. The van der Waals surface area contributed by atoms with E-state index in [1.807, 2.05) is 0 Å². The van der Waals surface area contributed by atoms with Gasteiger partial charge in [-0.05, 0) is 12.1 Å². The zero-order chi connectivity index (χ0) is 10.8. The van der Waals surface area contributed by atoms with Gasteiger partial charge in [0.2, 0.25) is 0 Å². The van der Waals surface area contributed by atoms with Gasteiger partial charge in [-0.15, -0.1) is 0 Å². The summed E-state index contributed by atoms with van der Waals surface area (Å²) >= 11 is 0. The van der Waals surface area contributed by atoms with Crippen LogP contribution in [0.3, 0.4) is 0 Å². The van der Waals surface area contributed by atoms with Crippen molar-refractivity contribution < 1.29 is 22.4 Å². The van der Waals surface area contributed by atoms with Gasteiger partial charge in [-0.3, -0.25) is 9.78 Å². The topological polar surface area (TPSA) is 30.0 Å². The second-order valence-electron chi connectivity index (χ2n) is 2.58. The number of ketones is 1. The minimum absolute atomic E-state index is 0.385. The lowest BCUT2D eigenvalue weighted by atomic mass is 10.2. The molecular weight excluding hydrogens is 202 g/mol. The van der Waals surface area contributed by atoms with Crippen LogP contribution in [-0.4, -0.2) is 16.9 Å². The average molecular weight is 207 g/mol. The van der Waals surface area contributed by atoms with Gasteiger partial charge < -0.3 is 0 Å². The van der Waals surface area contributed by atoms with E-state index in [0.717, 1.165) is 12.1 Å². The monoisotopic (exact) mass is 207 g/mol. The summed E-state index contributed by atoms with van der Waals surface area (Å²) in [5.41, 5.74) is -0.385. The summed E-state index contributed by atoms with van der Waals surface area (Å²) in [6.07, 6.45) is -5.44. The number of halogens is 4. The molecule has 6 heteroatoms. The quantitative estimate of drug-likeness (QED) is 0.550. The van der Waals surface area contributed by atoms with E-state index in [1.165, 1.54) is 0 Å². The van der Waals surface area contributed by atoms with Crippen LogP contribution in [0.4, 0.5) is 17.6 Å². The molecule has 0 bridgehead atoms. The molecule has 76 valence electrons. The average Bonchev–Trinajstić information content (AvgIpc) is 2.02. The molecule has 1 heterocycles. The van der Waals surface area contributed by atoms with Gasteiger partial charge in [0.25, 0.3) is 0 Å². The minimum Gasteiger partial charge on any atom is -0.292 e. The van der Waals surface area contributed by atoms with E-state index in [9.17, 15) is 22.4 Å². The van der Waals surface area contributed by atoms with Gasteiger partial charge in [-0.1, -0.05) is 0 Å². The molecule has 0 saturated carbocycles. The molecule has 0 unspecified atom stereocenters. The fourth-order valence-electron chi connectivity index (χ4n) is 0.813. The summed E-state index contributed by atoms with van der Waals surface area (Å²) in [5, 5.41) is 0. The van der Waals surface area contributed by atoms with E-state index in [-0.39, 0.29) is 5.69 Å². The summed E-state index contributed by atoms with van der Waals surface area (Å²) in [4.78, 5) is 14.1. The van der Waals surface area contributed by atoms with Crippen molar-refractivity contribution in [1.82, 2.24) is 4.98 Å². The van der Waals surface area contributed by atoms with Crippen LogP contribution in [-0.2, 0) is 0 Å². The Morgan fingerprint density at radius 1 is 1.36 bits per heavy atom. The minimum atomic E-state index is -4.56. The molecular formula is C8H5F4NO. The molecule has 1 rings (SSSR count). The summed E-state index contributed by atoms with van der Waals surface area (Å²) in [6.45, 7) is 0. The number of alkyl halides is 3. The fraction of sp³-hybridized carbons (Fsp3) is 0.250. The maximum atomic E-state index is 12.3. The zero-order valence-corrected chi connectivity index (χ0v) is 6.81. The van der Waals surface area contributed by atoms with E-state index >= 15 is 0 Å². The highest BCUT2D eigenvalue weighted by molar-refractivity contribution is 5.94. The SMILES string of the molecule is O=C(CC(F)(F)F)c1ccc(F)cn1. The first kappa shape index (κ1) is 10.6. The van der Waals surface area contributed by atoms with Crippen molar-refractivity contribution in [2.24, 2.45) is 0 Å². The largest absolute Gasteiger partial charge is 0.396 e. The Labute approximate surface area is 76.6 Å². The molecule has 0 N–H and O–H groups in total. The van der Waals surface area contributed by atoms with Crippen molar-refractivity contribution in [2.75, 3.05) is 0 Å². The number of aromatic nitrogens is 1. The maximum Gasteiger partial charge on any atom is 0.396 e. The number of carbonyl (C=O) groups excluding carboxylic acids is 1. The van der Waals surface area contributed by atoms with Gasteiger partial charge in [0.1, 0.15) is 17.9 Å². The van der Waals surface area contributed by atoms with Crippen molar-refractivity contribution in [3.8, 4) is 0 Å². The molecule has 0 aliphatic heterocycles. The third kappa shape index (κ3) is 3.12. The first-order valence-corrected chi connectivity index (χ1v) is 3.60. The highest BCUT2D eigenvalue weighted by Crippen LogP contribution is 2.21. The van der Waals surface area contributed by atoms with Crippen LogP contribution in [0.2, 0.25) is 0 Å². The van der Waals surface area contributed by atoms with Gasteiger partial charge >= 0.3 is 6.18 Å². The van der Waals surface area contributed by atoms with E-state index in [2.05, 4.69) is 4.98 Å². The predicted molar refractivity (Wildman–Crippen MR) is 39.2 cm³/mol. The first-order valence-electron chi connectivity index (χ1n) is 3.60. The third-order valence-electron chi connectivity index (χ3n) is 1.37. The Morgan fingerprint density at radius 3 is 2.43 bits per heavy atom. The van der Waals surface area contributed by atoms with Crippen molar-refractivity contribution in [1.29, 1.82) is 0 Å². The Bertz CT molecular complexity index is 330. The Kier molecular flexibility index (Phi) is 2.83. The molecule has 2 nitrogen and oxygen atoms in total. The first-order chi connectivity index (χ1) is 6.38. The highest BCUT2D eigenvalue weighted by atomic mass is 19.4. The lowest BCUT2D eigenvalue weighted by Crippen LogP contribution is -2.15. The van der Waals surface area contributed by atoms with Crippen molar-refractivity contribution in [3.63, 3.8) is 0 Å². The summed E-state index contributed by atoms with van der Waals surface area (Å²) in [6, 6.07) is 1.81. The number of carbonyl (C=O) groups is 1. The predicted octanol–water partition coefficient (Wildman–Crippen LogP) is 2.36. The third-order valence-corrected chi connectivity index (χ3v) is 1.37. The van der Waals surface area contributed by atoms with Gasteiger partial charge in [0, 0.05) is 0 Å². The summed E-state index contributed by atoms with van der Waals surface area (Å²) in [7, 11) is 0. The van der Waals surface area contributed by atoms with Crippen LogP contribution < -0.4 is 0 Å². The van der Waals surface area contributed by atoms with Crippen LogP contribution in [0.1, 0.15) is 16.9 Å². The van der Waals surface area contributed by atoms with E-state index in [4.69, 9.17) is 0 Å². The lowest BCUT2D eigenvalue weighted by Gasteiger charge is -2.03. The lowest BCUT2D eigenvalue weighted by molar-refractivity contribution is -0.125. The molecule has 14 heavy (non-hydrogen) atoms. The molecule has 0 radical (unpaired) electrons. The van der Waals surface area contributed by atoms with E-state index in [1.54, 1.807) is 0 Å². The second kappa shape index (κ2) is 3.73. The summed E-state index contributed by atoms with van der Waals surface area (Å²) in [5.74, 6) is -1.87. The van der Waals surface area contributed by atoms with Gasteiger partial charge in [-0.2, -0.15) is 13.2 Å². The second-order valence-corrected chi connectivity index (χ2v) is 2.58. The number of hydrogen-bond acceptors (Lipinski definition) is 2.